The Balaban J connectivity index is 4.26. The van der Waals surface area contributed by atoms with Gasteiger partial charge in [0.05, 0.1) is 18.8 Å². The predicted octanol–water partition coefficient (Wildman–Crippen LogP) is 15.9. The molecule has 62 heavy (non-hydrogen) atoms. The number of hydrogen-bond donors (Lipinski definition) is 1. The zero-order valence-corrected chi connectivity index (χ0v) is 42.9. The summed E-state index contributed by atoms with van der Waals surface area (Å²) < 4.78 is 18.1. The lowest BCUT2D eigenvalue weighted by atomic mass is 10.0. The van der Waals surface area contributed by atoms with E-state index in [9.17, 15) is 9.59 Å². The fraction of sp³-hybridized carbons (Fsp3) is 0.964. The van der Waals surface area contributed by atoms with Crippen molar-refractivity contribution in [3.05, 3.63) is 0 Å². The average Bonchev–Trinajstić information content (AvgIpc) is 3.25. The van der Waals surface area contributed by atoms with Crippen LogP contribution in [0.1, 0.15) is 279 Å². The average molecular weight is 879 g/mol. The van der Waals surface area contributed by atoms with Crippen molar-refractivity contribution < 1.29 is 23.8 Å². The van der Waals surface area contributed by atoms with Crippen LogP contribution >= 0.6 is 0 Å². The molecule has 0 aromatic carbocycles. The summed E-state index contributed by atoms with van der Waals surface area (Å²) in [6, 6.07) is 0. The Bertz CT molecular complexity index is 885. The summed E-state index contributed by atoms with van der Waals surface area (Å²) in [7, 11) is 0. The second-order valence-corrected chi connectivity index (χ2v) is 20.0. The first-order valence-corrected chi connectivity index (χ1v) is 27.6. The van der Waals surface area contributed by atoms with Crippen molar-refractivity contribution >= 4 is 11.8 Å². The summed E-state index contributed by atoms with van der Waals surface area (Å²) in [6.45, 7) is 18.3. The molecule has 0 saturated heterocycles. The first kappa shape index (κ1) is 60.8. The molecule has 0 aliphatic rings. The largest absolute Gasteiger partial charge is 0.380 e. The zero-order valence-electron chi connectivity index (χ0n) is 42.9. The number of unbranched alkanes of at least 4 members (excludes halogenated alkanes) is 30. The summed E-state index contributed by atoms with van der Waals surface area (Å²) in [4.78, 5) is 27.8. The van der Waals surface area contributed by atoms with Crippen LogP contribution in [0, 0.1) is 5.92 Å². The topological polar surface area (TPSA) is 77.1 Å². The molecular weight excluding hydrogens is 769 g/mol. The van der Waals surface area contributed by atoms with Crippen molar-refractivity contribution in [3.8, 4) is 0 Å². The van der Waals surface area contributed by atoms with Gasteiger partial charge in [0.15, 0.2) is 0 Å². The van der Waals surface area contributed by atoms with E-state index >= 15 is 0 Å². The summed E-state index contributed by atoms with van der Waals surface area (Å²) in [5.41, 5.74) is -0.196. The minimum atomic E-state index is -0.196. The van der Waals surface area contributed by atoms with Gasteiger partial charge in [-0.1, -0.05) is 220 Å². The number of nitrogens with one attached hydrogen (secondary N) is 1. The third-order valence-electron chi connectivity index (χ3n) is 12.7. The highest BCUT2D eigenvalue weighted by Crippen LogP contribution is 2.18. The van der Waals surface area contributed by atoms with Gasteiger partial charge in [0.25, 0.3) is 0 Å². The van der Waals surface area contributed by atoms with Gasteiger partial charge in [-0.05, 0) is 51.9 Å². The monoisotopic (exact) mass is 879 g/mol. The first-order chi connectivity index (χ1) is 30.2. The lowest BCUT2D eigenvalue weighted by Gasteiger charge is -2.26. The quantitative estimate of drug-likeness (QED) is 0.0616. The van der Waals surface area contributed by atoms with E-state index in [0.717, 1.165) is 51.9 Å². The van der Waals surface area contributed by atoms with Crippen LogP contribution in [0.4, 0.5) is 0 Å². The maximum atomic E-state index is 13.3. The molecule has 0 bridgehead atoms. The Labute approximate surface area is 387 Å². The van der Waals surface area contributed by atoms with Gasteiger partial charge < -0.3 is 24.4 Å². The Morgan fingerprint density at radius 3 is 1.18 bits per heavy atom. The molecule has 0 atom stereocenters. The highest BCUT2D eigenvalue weighted by molar-refractivity contribution is 5.83. The van der Waals surface area contributed by atoms with E-state index < -0.39 is 0 Å². The first-order valence-electron chi connectivity index (χ1n) is 27.6. The highest BCUT2D eigenvalue weighted by atomic mass is 16.5. The number of nitrogens with zero attached hydrogens (tertiary/aromatic N) is 1. The Kier molecular flexibility index (Phi) is 46.9. The van der Waals surface area contributed by atoms with E-state index in [1.165, 1.54) is 193 Å². The van der Waals surface area contributed by atoms with Crippen LogP contribution in [0.5, 0.6) is 0 Å². The van der Waals surface area contributed by atoms with Crippen molar-refractivity contribution in [2.24, 2.45) is 5.92 Å². The summed E-state index contributed by atoms with van der Waals surface area (Å²) in [6.07, 6.45) is 46.8. The van der Waals surface area contributed by atoms with Crippen LogP contribution in [0.15, 0.2) is 0 Å². The molecule has 1 N–H and O–H groups in total. The number of carbonyl (C=O) groups is 2. The van der Waals surface area contributed by atoms with E-state index in [2.05, 4.69) is 46.9 Å². The molecule has 7 nitrogen and oxygen atoms in total. The molecule has 0 saturated carbocycles. The molecule has 0 aromatic rings. The van der Waals surface area contributed by atoms with Gasteiger partial charge in [0, 0.05) is 52.3 Å². The molecule has 370 valence electrons. The molecule has 2 amide bonds. The Morgan fingerprint density at radius 2 is 0.823 bits per heavy atom. The van der Waals surface area contributed by atoms with Crippen LogP contribution in [0.25, 0.3) is 0 Å². The van der Waals surface area contributed by atoms with Gasteiger partial charge in [-0.25, -0.2) is 0 Å². The molecular formula is C55H110N2O5. The fourth-order valence-electron chi connectivity index (χ4n) is 8.27. The van der Waals surface area contributed by atoms with E-state index in [1.54, 1.807) is 0 Å². The second-order valence-electron chi connectivity index (χ2n) is 20.0. The second kappa shape index (κ2) is 47.8. The highest BCUT2D eigenvalue weighted by Gasteiger charge is 2.19. The maximum absolute atomic E-state index is 13.3. The van der Waals surface area contributed by atoms with Crippen molar-refractivity contribution in [2.75, 3.05) is 52.7 Å². The van der Waals surface area contributed by atoms with E-state index in [4.69, 9.17) is 14.2 Å². The molecule has 0 fully saturated rings. The van der Waals surface area contributed by atoms with Crippen molar-refractivity contribution in [1.29, 1.82) is 0 Å². The lowest BCUT2D eigenvalue weighted by molar-refractivity contribution is -0.135. The van der Waals surface area contributed by atoms with Gasteiger partial charge in [-0.15, -0.1) is 0 Å². The Hall–Kier alpha value is -1.18. The summed E-state index contributed by atoms with van der Waals surface area (Å²) in [5.74, 6) is 0.582. The predicted molar refractivity (Wildman–Crippen MR) is 268 cm³/mol. The molecule has 0 heterocycles. The molecule has 0 radical (unpaired) electrons. The van der Waals surface area contributed by atoms with Gasteiger partial charge in [-0.3, -0.25) is 9.59 Å². The van der Waals surface area contributed by atoms with Gasteiger partial charge in [0.2, 0.25) is 11.8 Å². The molecule has 0 aliphatic carbocycles. The fourth-order valence-corrected chi connectivity index (χ4v) is 8.27. The summed E-state index contributed by atoms with van der Waals surface area (Å²) >= 11 is 0. The van der Waals surface area contributed by atoms with Crippen LogP contribution in [-0.2, 0) is 23.8 Å². The molecule has 0 unspecified atom stereocenters. The van der Waals surface area contributed by atoms with E-state index in [-0.39, 0.29) is 30.3 Å². The Morgan fingerprint density at radius 1 is 0.468 bits per heavy atom. The number of amides is 2. The van der Waals surface area contributed by atoms with Gasteiger partial charge >= 0.3 is 0 Å². The summed E-state index contributed by atoms with van der Waals surface area (Å²) in [5, 5.41) is 3.02. The van der Waals surface area contributed by atoms with Crippen LogP contribution in [-0.4, -0.2) is 75.0 Å². The lowest BCUT2D eigenvalue weighted by Crippen LogP contribution is -2.37. The number of carbonyl (C=O) groups excluding carboxylic acids is 2. The molecule has 0 aliphatic heterocycles. The van der Waals surface area contributed by atoms with Crippen molar-refractivity contribution in [2.45, 2.75) is 285 Å². The van der Waals surface area contributed by atoms with Crippen molar-refractivity contribution in [3.63, 3.8) is 0 Å². The normalized spacial score (nSPS) is 11.9. The maximum Gasteiger partial charge on any atom is 0.223 e. The molecule has 7 heteroatoms. The number of hydrogen-bond acceptors (Lipinski definition) is 5. The third kappa shape index (κ3) is 46.8. The van der Waals surface area contributed by atoms with E-state index in [0.29, 0.717) is 38.8 Å². The minimum Gasteiger partial charge on any atom is -0.380 e. The number of rotatable bonds is 51. The molecule has 0 spiro atoms. The number of ether oxygens (including phenoxy) is 3. The third-order valence-corrected chi connectivity index (χ3v) is 12.7. The van der Waals surface area contributed by atoms with Crippen LogP contribution < -0.4 is 5.32 Å². The SMILES string of the molecule is CCCCCCCCCCCCCCCCCCOCCN(CCOCCCCCCCCCCCCCCCCCC)C(=O)CCC(=O)NCCCC(C)(C)OCCC(C)C. The van der Waals surface area contributed by atoms with E-state index in [1.807, 2.05) is 4.90 Å². The molecule has 0 rings (SSSR count). The van der Waals surface area contributed by atoms with Gasteiger partial charge in [-0.2, -0.15) is 0 Å². The smallest absolute Gasteiger partial charge is 0.223 e. The van der Waals surface area contributed by atoms with Crippen LogP contribution in [0.3, 0.4) is 0 Å². The minimum absolute atomic E-state index is 0.0110. The standard InChI is InChI=1S/C55H110N2O5/c1-7-9-11-13-15-17-19-21-23-25-27-29-31-33-35-37-47-60-50-45-57(54(59)41-40-53(58)56-44-39-43-55(5,6)62-49-42-52(3)4)46-51-61-48-38-36-34-32-30-28-26-24-22-20-18-16-14-12-10-8-2/h52H,7-51H2,1-6H3,(H,56,58). The van der Waals surface area contributed by atoms with Gasteiger partial charge in [0.1, 0.15) is 0 Å². The molecule has 0 aromatic heterocycles. The zero-order chi connectivity index (χ0) is 45.5. The van der Waals surface area contributed by atoms with Crippen LogP contribution in [0.2, 0.25) is 0 Å². The van der Waals surface area contributed by atoms with Crippen molar-refractivity contribution in [1.82, 2.24) is 10.2 Å².